The predicted molar refractivity (Wildman–Crippen MR) is 86.4 cm³/mol. The van der Waals surface area contributed by atoms with E-state index in [1.165, 1.54) is 32.1 Å². The average Bonchev–Trinajstić information content (AvgIpc) is 2.99. The number of likely N-dealkylation sites (N-methyl/N-ethyl adjacent to an activating group) is 1. The number of carbonyl (C=O) groups excluding carboxylic acids is 1. The van der Waals surface area contributed by atoms with Crippen molar-refractivity contribution in [2.24, 2.45) is 29.4 Å². The minimum atomic E-state index is -0.148. The highest BCUT2D eigenvalue weighted by Crippen LogP contribution is 2.57. The molecule has 4 saturated carbocycles. The molecule has 1 aliphatic heterocycles. The van der Waals surface area contributed by atoms with Crippen LogP contribution in [0.3, 0.4) is 0 Å². The van der Waals surface area contributed by atoms with E-state index in [1.807, 2.05) is 11.9 Å². The summed E-state index contributed by atoms with van der Waals surface area (Å²) in [5.74, 6) is 3.11. The molecule has 1 atom stereocenters. The van der Waals surface area contributed by atoms with Gasteiger partial charge in [-0.1, -0.05) is 0 Å². The minimum absolute atomic E-state index is 0.0800. The highest BCUT2D eigenvalue weighted by Gasteiger charge is 2.55. The molecular formula is C17H30N4O. The first-order valence-electron chi connectivity index (χ1n) is 9.07. The summed E-state index contributed by atoms with van der Waals surface area (Å²) in [7, 11) is 1.97. The molecule has 1 heterocycles. The number of nitrogens with one attached hydrogen (secondary N) is 2. The van der Waals surface area contributed by atoms with Crippen molar-refractivity contribution in [2.75, 3.05) is 26.7 Å². The maximum absolute atomic E-state index is 12.4. The SMILES string of the molecule is CNC1CCN(C(=O)NCC2(N)C3CC4CC(C3)CC2C4)C1. The quantitative estimate of drug-likeness (QED) is 0.732. The van der Waals surface area contributed by atoms with Gasteiger partial charge < -0.3 is 21.3 Å². The molecule has 5 fully saturated rings. The summed E-state index contributed by atoms with van der Waals surface area (Å²) >= 11 is 0. The van der Waals surface area contributed by atoms with Crippen molar-refractivity contribution in [1.82, 2.24) is 15.5 Å². The maximum Gasteiger partial charge on any atom is 0.317 e. The van der Waals surface area contributed by atoms with Gasteiger partial charge in [-0.05, 0) is 69.2 Å². The van der Waals surface area contributed by atoms with Crippen LogP contribution in [0.4, 0.5) is 4.79 Å². The second kappa shape index (κ2) is 5.38. The van der Waals surface area contributed by atoms with Gasteiger partial charge >= 0.3 is 6.03 Å². The number of rotatable bonds is 3. The number of amides is 2. The molecule has 5 nitrogen and oxygen atoms in total. The Hall–Kier alpha value is -0.810. The predicted octanol–water partition coefficient (Wildman–Crippen LogP) is 1.14. The van der Waals surface area contributed by atoms with Crippen LogP contribution >= 0.6 is 0 Å². The molecule has 4 N–H and O–H groups in total. The van der Waals surface area contributed by atoms with Gasteiger partial charge in [0.05, 0.1) is 0 Å². The topological polar surface area (TPSA) is 70.4 Å². The second-order valence-electron chi connectivity index (χ2n) is 8.30. The van der Waals surface area contributed by atoms with Crippen LogP contribution in [-0.2, 0) is 0 Å². The molecule has 4 bridgehead atoms. The fourth-order valence-corrected chi connectivity index (χ4v) is 5.87. The molecule has 0 aromatic heterocycles. The molecule has 4 aliphatic carbocycles. The van der Waals surface area contributed by atoms with Gasteiger partial charge in [-0.3, -0.25) is 0 Å². The molecule has 22 heavy (non-hydrogen) atoms. The average molecular weight is 306 g/mol. The monoisotopic (exact) mass is 306 g/mol. The van der Waals surface area contributed by atoms with Gasteiger partial charge in [0.1, 0.15) is 0 Å². The van der Waals surface area contributed by atoms with Gasteiger partial charge in [0.2, 0.25) is 0 Å². The number of carbonyl (C=O) groups is 1. The normalized spacial score (nSPS) is 46.3. The van der Waals surface area contributed by atoms with Crippen LogP contribution in [0, 0.1) is 23.7 Å². The minimum Gasteiger partial charge on any atom is -0.336 e. The standard InChI is InChI=1S/C17H30N4O/c1-19-15-2-3-21(9-15)16(22)20-10-17(18)13-5-11-4-12(7-13)8-14(17)6-11/h11-15,19H,2-10,18H2,1H3,(H,20,22). The molecule has 1 saturated heterocycles. The lowest BCUT2D eigenvalue weighted by atomic mass is 9.49. The summed E-state index contributed by atoms with van der Waals surface area (Å²) in [6, 6.07) is 0.523. The number of likely N-dealkylation sites (tertiary alicyclic amines) is 1. The number of hydrogen-bond donors (Lipinski definition) is 3. The summed E-state index contributed by atoms with van der Waals surface area (Å²) in [5.41, 5.74) is 6.70. The van der Waals surface area contributed by atoms with Crippen LogP contribution in [0.15, 0.2) is 0 Å². The van der Waals surface area contributed by atoms with E-state index >= 15 is 0 Å². The van der Waals surface area contributed by atoms with Crippen LogP contribution in [0.5, 0.6) is 0 Å². The van der Waals surface area contributed by atoms with Crippen molar-refractivity contribution in [3.05, 3.63) is 0 Å². The van der Waals surface area contributed by atoms with Crippen molar-refractivity contribution in [2.45, 2.75) is 50.1 Å². The van der Waals surface area contributed by atoms with Crippen LogP contribution in [-0.4, -0.2) is 49.2 Å². The van der Waals surface area contributed by atoms with E-state index in [0.717, 1.165) is 31.3 Å². The molecule has 124 valence electrons. The third kappa shape index (κ3) is 2.33. The van der Waals surface area contributed by atoms with Gasteiger partial charge in [-0.25, -0.2) is 4.79 Å². The summed E-state index contributed by atoms with van der Waals surface area (Å²) in [4.78, 5) is 14.3. The Labute approximate surface area is 133 Å². The molecule has 5 rings (SSSR count). The Balaban J connectivity index is 1.36. The zero-order valence-electron chi connectivity index (χ0n) is 13.7. The van der Waals surface area contributed by atoms with E-state index in [0.29, 0.717) is 24.4 Å². The number of nitrogens with two attached hydrogens (primary N) is 1. The molecule has 1 unspecified atom stereocenters. The van der Waals surface area contributed by atoms with Gasteiger partial charge in [-0.2, -0.15) is 0 Å². The van der Waals surface area contributed by atoms with E-state index in [-0.39, 0.29) is 11.6 Å². The first-order chi connectivity index (χ1) is 10.6. The van der Waals surface area contributed by atoms with Crippen molar-refractivity contribution in [3.8, 4) is 0 Å². The molecular weight excluding hydrogens is 276 g/mol. The first-order valence-corrected chi connectivity index (χ1v) is 9.07. The number of nitrogens with zero attached hydrogens (tertiary/aromatic N) is 1. The van der Waals surface area contributed by atoms with Gasteiger partial charge in [0.15, 0.2) is 0 Å². The highest BCUT2D eigenvalue weighted by molar-refractivity contribution is 5.74. The highest BCUT2D eigenvalue weighted by atomic mass is 16.2. The second-order valence-corrected chi connectivity index (χ2v) is 8.30. The third-order valence-electron chi connectivity index (χ3n) is 7.09. The van der Waals surface area contributed by atoms with Crippen LogP contribution in [0.2, 0.25) is 0 Å². The Bertz CT molecular complexity index is 424. The van der Waals surface area contributed by atoms with Crippen LogP contribution in [0.25, 0.3) is 0 Å². The number of urea groups is 1. The van der Waals surface area contributed by atoms with Crippen LogP contribution in [0.1, 0.15) is 38.5 Å². The Morgan fingerprint density at radius 1 is 1.18 bits per heavy atom. The van der Waals surface area contributed by atoms with E-state index < -0.39 is 0 Å². The molecule has 0 spiro atoms. The zero-order valence-corrected chi connectivity index (χ0v) is 13.7. The zero-order chi connectivity index (χ0) is 15.3. The lowest BCUT2D eigenvalue weighted by Crippen LogP contribution is -2.67. The van der Waals surface area contributed by atoms with E-state index in [9.17, 15) is 4.79 Å². The van der Waals surface area contributed by atoms with Crippen molar-refractivity contribution in [1.29, 1.82) is 0 Å². The molecule has 0 aromatic carbocycles. The van der Waals surface area contributed by atoms with Gasteiger partial charge in [0.25, 0.3) is 0 Å². The molecule has 5 aliphatic rings. The van der Waals surface area contributed by atoms with E-state index in [1.54, 1.807) is 0 Å². The Morgan fingerprint density at radius 3 is 2.36 bits per heavy atom. The van der Waals surface area contributed by atoms with Gasteiger partial charge in [-0.15, -0.1) is 0 Å². The van der Waals surface area contributed by atoms with E-state index in [4.69, 9.17) is 5.73 Å². The smallest absolute Gasteiger partial charge is 0.317 e. The summed E-state index contributed by atoms with van der Waals surface area (Å²) in [6.07, 6.45) is 7.67. The first kappa shape index (κ1) is 14.8. The number of hydrogen-bond acceptors (Lipinski definition) is 3. The Kier molecular flexibility index (Phi) is 3.61. The van der Waals surface area contributed by atoms with E-state index in [2.05, 4.69) is 10.6 Å². The van der Waals surface area contributed by atoms with Crippen LogP contribution < -0.4 is 16.4 Å². The summed E-state index contributed by atoms with van der Waals surface area (Å²) in [5, 5.41) is 6.43. The summed E-state index contributed by atoms with van der Waals surface area (Å²) in [6.45, 7) is 2.34. The maximum atomic E-state index is 12.4. The molecule has 5 heteroatoms. The fraction of sp³-hybridized carbons (Fsp3) is 0.941. The molecule has 0 radical (unpaired) electrons. The summed E-state index contributed by atoms with van der Waals surface area (Å²) < 4.78 is 0. The molecule has 0 aromatic rings. The van der Waals surface area contributed by atoms with Crippen molar-refractivity contribution >= 4 is 6.03 Å². The lowest BCUT2D eigenvalue weighted by Gasteiger charge is -2.59. The fourth-order valence-electron chi connectivity index (χ4n) is 5.87. The lowest BCUT2D eigenvalue weighted by molar-refractivity contribution is -0.0532. The van der Waals surface area contributed by atoms with Crippen molar-refractivity contribution < 1.29 is 4.79 Å². The van der Waals surface area contributed by atoms with Gasteiger partial charge in [0, 0.05) is 31.2 Å². The largest absolute Gasteiger partial charge is 0.336 e. The third-order valence-corrected chi connectivity index (χ3v) is 7.09. The van der Waals surface area contributed by atoms with Crippen molar-refractivity contribution in [3.63, 3.8) is 0 Å². The molecule has 2 amide bonds. The Morgan fingerprint density at radius 2 is 1.82 bits per heavy atom.